The van der Waals surface area contributed by atoms with Crippen LogP contribution in [-0.2, 0) is 9.59 Å². The Hall–Kier alpha value is -1.32. The van der Waals surface area contributed by atoms with Crippen LogP contribution in [0.15, 0.2) is 12.2 Å². The van der Waals surface area contributed by atoms with E-state index in [1.165, 1.54) is 25.7 Å². The van der Waals surface area contributed by atoms with E-state index in [-0.39, 0.29) is 34.1 Å². The fraction of sp³-hybridized carbons (Fsp3) is 0.846. The van der Waals surface area contributed by atoms with Gasteiger partial charge in [-0.3, -0.25) is 9.59 Å². The molecule has 2 amide bonds. The van der Waals surface area contributed by atoms with E-state index in [4.69, 9.17) is 0 Å². The zero-order valence-electron chi connectivity index (χ0n) is 19.4. The minimum Gasteiger partial charge on any atom is -0.349 e. The van der Waals surface area contributed by atoms with Crippen LogP contribution >= 0.6 is 0 Å². The van der Waals surface area contributed by atoms with Crippen molar-refractivity contribution in [3.8, 4) is 0 Å². The van der Waals surface area contributed by atoms with E-state index in [0.29, 0.717) is 23.7 Å². The van der Waals surface area contributed by atoms with Crippen molar-refractivity contribution in [3.05, 3.63) is 12.2 Å². The highest BCUT2D eigenvalue weighted by molar-refractivity contribution is 5.89. The molecule has 3 aliphatic carbocycles. The van der Waals surface area contributed by atoms with E-state index in [1.807, 2.05) is 0 Å². The molecule has 0 aromatic carbocycles. The predicted molar refractivity (Wildman–Crippen MR) is 119 cm³/mol. The molecule has 166 valence electrons. The summed E-state index contributed by atoms with van der Waals surface area (Å²) in [7, 11) is 0. The number of amides is 2. The second kappa shape index (κ2) is 6.84. The molecule has 0 bridgehead atoms. The van der Waals surface area contributed by atoms with Crippen LogP contribution in [0.2, 0.25) is 0 Å². The first kappa shape index (κ1) is 20.6. The Morgan fingerprint density at radius 1 is 1.03 bits per heavy atom. The fourth-order valence-electron chi connectivity index (χ4n) is 8.57. The molecule has 30 heavy (non-hydrogen) atoms. The van der Waals surface area contributed by atoms with Crippen LogP contribution in [0.5, 0.6) is 0 Å². The molecule has 2 aliphatic heterocycles. The first-order chi connectivity index (χ1) is 14.1. The summed E-state index contributed by atoms with van der Waals surface area (Å²) in [6.07, 6.45) is 13.3. The third kappa shape index (κ3) is 2.99. The van der Waals surface area contributed by atoms with Gasteiger partial charge in [-0.25, -0.2) is 0 Å². The van der Waals surface area contributed by atoms with Crippen molar-refractivity contribution in [3.63, 3.8) is 0 Å². The fourth-order valence-corrected chi connectivity index (χ4v) is 8.57. The molecule has 5 aliphatic rings. The lowest BCUT2D eigenvalue weighted by Gasteiger charge is -2.59. The van der Waals surface area contributed by atoms with Crippen LogP contribution in [0, 0.1) is 39.9 Å². The molecular formula is C26H40N2O2. The molecule has 3 saturated carbocycles. The molecule has 4 nitrogen and oxygen atoms in total. The average molecular weight is 413 g/mol. The number of rotatable bonds is 1. The van der Waals surface area contributed by atoms with Crippen LogP contribution in [0.4, 0.5) is 0 Å². The number of carbonyl (C=O) groups excluding carboxylic acids is 2. The van der Waals surface area contributed by atoms with Gasteiger partial charge < -0.3 is 10.2 Å². The lowest BCUT2D eigenvalue weighted by Crippen LogP contribution is -2.59. The summed E-state index contributed by atoms with van der Waals surface area (Å²) in [6.45, 7) is 11.3. The Morgan fingerprint density at radius 2 is 1.83 bits per heavy atom. The SMILES string of the molecule is CC1(C)CCCN(C(=O)C2CC[C@H]3[C@@H]4CCC5NC(=O)C=C[C@]5(C)[C@@H]4CC[C@]23C)C1. The van der Waals surface area contributed by atoms with Gasteiger partial charge in [-0.1, -0.05) is 33.8 Å². The molecule has 7 atom stereocenters. The van der Waals surface area contributed by atoms with E-state index < -0.39 is 0 Å². The number of nitrogens with zero attached hydrogens (tertiary/aromatic N) is 1. The largest absolute Gasteiger partial charge is 0.349 e. The molecular weight excluding hydrogens is 372 g/mol. The van der Waals surface area contributed by atoms with Gasteiger partial charge in [0.1, 0.15) is 0 Å². The Kier molecular flexibility index (Phi) is 4.69. The minimum absolute atomic E-state index is 0.0764. The monoisotopic (exact) mass is 412 g/mol. The van der Waals surface area contributed by atoms with Gasteiger partial charge in [-0.05, 0) is 86.0 Å². The topological polar surface area (TPSA) is 49.4 Å². The van der Waals surface area contributed by atoms with Gasteiger partial charge in [0.05, 0.1) is 0 Å². The third-order valence-electron chi connectivity index (χ3n) is 10.2. The van der Waals surface area contributed by atoms with Crippen LogP contribution in [0.1, 0.15) is 79.1 Å². The molecule has 0 aromatic rings. The molecule has 4 heteroatoms. The van der Waals surface area contributed by atoms with Crippen LogP contribution in [0.25, 0.3) is 0 Å². The highest BCUT2D eigenvalue weighted by Crippen LogP contribution is 2.65. The number of carbonyl (C=O) groups is 2. The average Bonchev–Trinajstić information content (AvgIpc) is 3.04. The second-order valence-corrected chi connectivity index (χ2v) is 12.4. The highest BCUT2D eigenvalue weighted by Gasteiger charge is 2.61. The maximum absolute atomic E-state index is 13.7. The zero-order chi connectivity index (χ0) is 21.3. The van der Waals surface area contributed by atoms with Crippen molar-refractivity contribution in [2.24, 2.45) is 39.9 Å². The molecule has 1 N–H and O–H groups in total. The van der Waals surface area contributed by atoms with E-state index in [2.05, 4.69) is 44.0 Å². The molecule has 0 radical (unpaired) electrons. The summed E-state index contributed by atoms with van der Waals surface area (Å²) < 4.78 is 0. The van der Waals surface area contributed by atoms with E-state index >= 15 is 0 Å². The Bertz CT molecular complexity index is 773. The maximum Gasteiger partial charge on any atom is 0.243 e. The number of piperidine rings is 1. The van der Waals surface area contributed by atoms with Gasteiger partial charge in [0, 0.05) is 30.5 Å². The standard InChI is InChI=1S/C26H40N2O2/c1-24(2)12-5-15-28(16-24)23(30)20-8-7-18-17-6-9-21-26(4,14-11-22(29)27-21)19(17)10-13-25(18,20)3/h11,14,17-21H,5-10,12-13,15-16H2,1-4H3,(H,27,29)/t17-,18-,19+,20?,21?,25-,26+/m0/s1. The number of nitrogens with one attached hydrogen (secondary N) is 1. The van der Waals surface area contributed by atoms with Crippen LogP contribution in [-0.4, -0.2) is 35.8 Å². The van der Waals surface area contributed by atoms with Crippen LogP contribution in [0.3, 0.4) is 0 Å². The van der Waals surface area contributed by atoms with E-state index in [1.54, 1.807) is 6.08 Å². The first-order valence-corrected chi connectivity index (χ1v) is 12.4. The van der Waals surface area contributed by atoms with Crippen molar-refractivity contribution in [2.75, 3.05) is 13.1 Å². The lowest BCUT2D eigenvalue weighted by molar-refractivity contribution is -0.146. The van der Waals surface area contributed by atoms with Crippen molar-refractivity contribution >= 4 is 11.8 Å². The summed E-state index contributed by atoms with van der Waals surface area (Å²) in [4.78, 5) is 27.8. The number of fused-ring (bicyclic) bond motifs is 5. The summed E-state index contributed by atoms with van der Waals surface area (Å²) in [5.74, 6) is 2.73. The summed E-state index contributed by atoms with van der Waals surface area (Å²) >= 11 is 0. The summed E-state index contributed by atoms with van der Waals surface area (Å²) in [6, 6.07) is 0.287. The maximum atomic E-state index is 13.7. The normalized spacial score (nSPS) is 47.1. The van der Waals surface area contributed by atoms with Gasteiger partial charge >= 0.3 is 0 Å². The lowest BCUT2D eigenvalue weighted by atomic mass is 9.48. The Morgan fingerprint density at radius 3 is 2.60 bits per heavy atom. The smallest absolute Gasteiger partial charge is 0.243 e. The summed E-state index contributed by atoms with van der Waals surface area (Å²) in [5.41, 5.74) is 0.497. The predicted octanol–water partition coefficient (Wildman–Crippen LogP) is 4.55. The molecule has 2 heterocycles. The zero-order valence-corrected chi connectivity index (χ0v) is 19.4. The number of hydrogen-bond acceptors (Lipinski definition) is 2. The van der Waals surface area contributed by atoms with Crippen molar-refractivity contribution in [1.82, 2.24) is 10.2 Å². The first-order valence-electron chi connectivity index (χ1n) is 12.4. The van der Waals surface area contributed by atoms with Crippen LogP contribution < -0.4 is 5.32 Å². The van der Waals surface area contributed by atoms with Crippen molar-refractivity contribution in [1.29, 1.82) is 0 Å². The molecule has 5 rings (SSSR count). The van der Waals surface area contributed by atoms with Gasteiger partial charge in [-0.2, -0.15) is 0 Å². The highest BCUT2D eigenvalue weighted by atomic mass is 16.2. The minimum atomic E-state index is 0.0764. The molecule has 0 spiro atoms. The van der Waals surface area contributed by atoms with Crippen molar-refractivity contribution < 1.29 is 9.59 Å². The molecule has 1 saturated heterocycles. The molecule has 0 aromatic heterocycles. The number of likely N-dealkylation sites (tertiary alicyclic amines) is 1. The van der Waals surface area contributed by atoms with E-state index in [9.17, 15) is 9.59 Å². The quantitative estimate of drug-likeness (QED) is 0.687. The van der Waals surface area contributed by atoms with Gasteiger partial charge in [-0.15, -0.1) is 0 Å². The summed E-state index contributed by atoms with van der Waals surface area (Å²) in [5, 5.41) is 3.25. The Labute approximate surface area is 182 Å². The number of hydrogen-bond donors (Lipinski definition) is 1. The third-order valence-corrected chi connectivity index (χ3v) is 10.2. The van der Waals surface area contributed by atoms with Gasteiger partial charge in [0.25, 0.3) is 0 Å². The molecule has 4 fully saturated rings. The van der Waals surface area contributed by atoms with Gasteiger partial charge in [0.2, 0.25) is 11.8 Å². The Balaban J connectivity index is 1.37. The second-order valence-electron chi connectivity index (χ2n) is 12.4. The van der Waals surface area contributed by atoms with Gasteiger partial charge in [0.15, 0.2) is 0 Å². The van der Waals surface area contributed by atoms with Crippen molar-refractivity contribution in [2.45, 2.75) is 85.1 Å². The van der Waals surface area contributed by atoms with E-state index in [0.717, 1.165) is 38.8 Å². The molecule has 2 unspecified atom stereocenters.